The van der Waals surface area contributed by atoms with E-state index in [0.717, 1.165) is 24.3 Å². The zero-order chi connectivity index (χ0) is 17.2. The van der Waals surface area contributed by atoms with Gasteiger partial charge in [0, 0.05) is 24.5 Å². The van der Waals surface area contributed by atoms with E-state index in [0.29, 0.717) is 24.4 Å². The molecule has 0 spiro atoms. The number of hydrogen-bond donors (Lipinski definition) is 0. The largest absolute Gasteiger partial charge is 0.497 e. The highest BCUT2D eigenvalue weighted by Gasteiger charge is 2.28. The molecule has 130 valence electrons. The van der Waals surface area contributed by atoms with Crippen molar-refractivity contribution in [3.63, 3.8) is 0 Å². The van der Waals surface area contributed by atoms with Crippen LogP contribution in [0, 0.1) is 0 Å². The lowest BCUT2D eigenvalue weighted by atomic mass is 10.1. The Kier molecular flexibility index (Phi) is 4.28. The van der Waals surface area contributed by atoms with Gasteiger partial charge in [0.1, 0.15) is 5.75 Å². The Bertz CT molecular complexity index is 837. The fourth-order valence-corrected chi connectivity index (χ4v) is 3.51. The van der Waals surface area contributed by atoms with E-state index >= 15 is 0 Å². The van der Waals surface area contributed by atoms with Crippen LogP contribution in [0.15, 0.2) is 47.0 Å². The second kappa shape index (κ2) is 6.72. The molecule has 3 heterocycles. The summed E-state index contributed by atoms with van der Waals surface area (Å²) in [6.45, 7) is 1.73. The standard InChI is InChI=1S/C19H22N4O2/c1-22-11-3-5-16(22)17-6-4-12-23(17)13-18-20-21-19(25-18)14-7-9-15(24-2)10-8-14/h3,5,7-11,17H,4,6,12-13H2,1-2H3/t17-/m1/s1. The number of rotatable bonds is 5. The Labute approximate surface area is 147 Å². The first kappa shape index (κ1) is 15.9. The molecule has 6 heteroatoms. The number of likely N-dealkylation sites (tertiary alicyclic amines) is 1. The summed E-state index contributed by atoms with van der Waals surface area (Å²) in [5.74, 6) is 2.02. The van der Waals surface area contributed by atoms with Crippen molar-refractivity contribution >= 4 is 0 Å². The highest BCUT2D eigenvalue weighted by atomic mass is 16.5. The molecule has 6 nitrogen and oxygen atoms in total. The molecule has 0 bridgehead atoms. The van der Waals surface area contributed by atoms with Crippen LogP contribution >= 0.6 is 0 Å². The molecule has 25 heavy (non-hydrogen) atoms. The third-order valence-electron chi connectivity index (χ3n) is 4.83. The third kappa shape index (κ3) is 3.17. The van der Waals surface area contributed by atoms with E-state index in [9.17, 15) is 0 Å². The summed E-state index contributed by atoms with van der Waals surface area (Å²) in [6.07, 6.45) is 4.45. The molecular weight excluding hydrogens is 316 g/mol. The minimum atomic E-state index is 0.413. The molecule has 1 aliphatic heterocycles. The summed E-state index contributed by atoms with van der Waals surface area (Å²) in [7, 11) is 3.75. The van der Waals surface area contributed by atoms with Gasteiger partial charge < -0.3 is 13.7 Å². The highest BCUT2D eigenvalue weighted by molar-refractivity contribution is 5.53. The van der Waals surface area contributed by atoms with Crippen molar-refractivity contribution in [1.29, 1.82) is 0 Å². The number of benzene rings is 1. The zero-order valence-corrected chi connectivity index (χ0v) is 14.6. The molecule has 2 aromatic heterocycles. The van der Waals surface area contributed by atoms with Crippen molar-refractivity contribution < 1.29 is 9.15 Å². The molecular formula is C19H22N4O2. The maximum Gasteiger partial charge on any atom is 0.247 e. The minimum Gasteiger partial charge on any atom is -0.497 e. The number of nitrogens with zero attached hydrogens (tertiary/aromatic N) is 4. The lowest BCUT2D eigenvalue weighted by molar-refractivity contribution is 0.218. The van der Waals surface area contributed by atoms with Crippen LogP contribution in [0.2, 0.25) is 0 Å². The fraction of sp³-hybridized carbons (Fsp3) is 0.368. The summed E-state index contributed by atoms with van der Waals surface area (Å²) in [6, 6.07) is 12.4. The molecule has 4 rings (SSSR count). The Balaban J connectivity index is 1.49. The molecule has 3 aromatic rings. The average Bonchev–Trinajstić information content (AvgIpc) is 3.37. The van der Waals surface area contributed by atoms with Crippen LogP contribution < -0.4 is 4.74 Å². The third-order valence-corrected chi connectivity index (χ3v) is 4.83. The van der Waals surface area contributed by atoms with Crippen LogP contribution in [0.1, 0.15) is 30.5 Å². The lowest BCUT2D eigenvalue weighted by Gasteiger charge is -2.23. The SMILES string of the molecule is COc1ccc(-c2nnc(CN3CCC[C@@H]3c3cccn3C)o2)cc1. The van der Waals surface area contributed by atoms with Gasteiger partial charge in [-0.25, -0.2) is 0 Å². The van der Waals surface area contributed by atoms with Gasteiger partial charge in [-0.1, -0.05) is 0 Å². The van der Waals surface area contributed by atoms with Gasteiger partial charge in [0.05, 0.1) is 19.7 Å². The van der Waals surface area contributed by atoms with Gasteiger partial charge in [0.2, 0.25) is 11.8 Å². The van der Waals surface area contributed by atoms with Crippen LogP contribution in [0.3, 0.4) is 0 Å². The van der Waals surface area contributed by atoms with E-state index in [1.165, 1.54) is 12.1 Å². The van der Waals surface area contributed by atoms with Crippen LogP contribution in [0.4, 0.5) is 0 Å². The van der Waals surface area contributed by atoms with Crippen molar-refractivity contribution in [2.75, 3.05) is 13.7 Å². The molecule has 1 aliphatic rings. The monoisotopic (exact) mass is 338 g/mol. The van der Waals surface area contributed by atoms with E-state index in [1.54, 1.807) is 7.11 Å². The molecule has 1 atom stereocenters. The van der Waals surface area contributed by atoms with Gasteiger partial charge in [-0.3, -0.25) is 4.90 Å². The first-order chi connectivity index (χ1) is 12.2. The maximum absolute atomic E-state index is 5.89. The maximum atomic E-state index is 5.89. The quantitative estimate of drug-likeness (QED) is 0.713. The number of methoxy groups -OCH3 is 1. The predicted octanol–water partition coefficient (Wildman–Crippen LogP) is 3.42. The Morgan fingerprint density at radius 2 is 2.04 bits per heavy atom. The topological polar surface area (TPSA) is 56.3 Å². The van der Waals surface area contributed by atoms with Gasteiger partial charge >= 0.3 is 0 Å². The molecule has 0 aliphatic carbocycles. The van der Waals surface area contributed by atoms with Crippen molar-refractivity contribution in [3.05, 3.63) is 54.2 Å². The van der Waals surface area contributed by atoms with Gasteiger partial charge in [-0.05, 0) is 55.8 Å². The van der Waals surface area contributed by atoms with Crippen molar-refractivity contribution in [2.45, 2.75) is 25.4 Å². The Morgan fingerprint density at radius 3 is 2.76 bits per heavy atom. The van der Waals surface area contributed by atoms with E-state index < -0.39 is 0 Å². The summed E-state index contributed by atoms with van der Waals surface area (Å²) < 4.78 is 13.3. The van der Waals surface area contributed by atoms with E-state index in [-0.39, 0.29) is 0 Å². The second-order valence-corrected chi connectivity index (χ2v) is 6.40. The summed E-state index contributed by atoms with van der Waals surface area (Å²) >= 11 is 0. The van der Waals surface area contributed by atoms with E-state index in [2.05, 4.69) is 45.0 Å². The predicted molar refractivity (Wildman–Crippen MR) is 94.1 cm³/mol. The Morgan fingerprint density at radius 1 is 1.20 bits per heavy atom. The second-order valence-electron chi connectivity index (χ2n) is 6.40. The smallest absolute Gasteiger partial charge is 0.247 e. The van der Waals surface area contributed by atoms with E-state index in [4.69, 9.17) is 9.15 Å². The summed E-state index contributed by atoms with van der Waals surface area (Å²) in [5, 5.41) is 8.44. The number of ether oxygens (including phenoxy) is 1. The van der Waals surface area contributed by atoms with Crippen molar-refractivity contribution in [2.24, 2.45) is 7.05 Å². The Hall–Kier alpha value is -2.60. The lowest BCUT2D eigenvalue weighted by Crippen LogP contribution is -2.24. The van der Waals surface area contributed by atoms with Crippen molar-refractivity contribution in [3.8, 4) is 17.2 Å². The van der Waals surface area contributed by atoms with Gasteiger partial charge in [-0.2, -0.15) is 0 Å². The van der Waals surface area contributed by atoms with Crippen LogP contribution in [-0.4, -0.2) is 33.3 Å². The normalized spacial score (nSPS) is 17.9. The number of aromatic nitrogens is 3. The first-order valence-electron chi connectivity index (χ1n) is 8.56. The zero-order valence-electron chi connectivity index (χ0n) is 14.6. The molecule has 0 radical (unpaired) electrons. The van der Waals surface area contributed by atoms with Crippen LogP contribution in [-0.2, 0) is 13.6 Å². The minimum absolute atomic E-state index is 0.413. The molecule has 0 amide bonds. The summed E-state index contributed by atoms with van der Waals surface area (Å²) in [5.41, 5.74) is 2.24. The molecule has 0 unspecified atom stereocenters. The fourth-order valence-electron chi connectivity index (χ4n) is 3.51. The average molecular weight is 338 g/mol. The van der Waals surface area contributed by atoms with Crippen molar-refractivity contribution in [1.82, 2.24) is 19.7 Å². The first-order valence-corrected chi connectivity index (χ1v) is 8.56. The number of hydrogen-bond acceptors (Lipinski definition) is 5. The van der Waals surface area contributed by atoms with Gasteiger partial charge in [0.15, 0.2) is 0 Å². The molecule has 1 aromatic carbocycles. The molecule has 1 saturated heterocycles. The highest BCUT2D eigenvalue weighted by Crippen LogP contribution is 2.33. The summed E-state index contributed by atoms with van der Waals surface area (Å²) in [4.78, 5) is 2.42. The molecule has 0 N–H and O–H groups in total. The van der Waals surface area contributed by atoms with Gasteiger partial charge in [0.25, 0.3) is 0 Å². The molecule has 0 saturated carbocycles. The van der Waals surface area contributed by atoms with Crippen LogP contribution in [0.25, 0.3) is 11.5 Å². The number of aryl methyl sites for hydroxylation is 1. The van der Waals surface area contributed by atoms with Crippen LogP contribution in [0.5, 0.6) is 5.75 Å². The molecule has 1 fully saturated rings. The van der Waals surface area contributed by atoms with E-state index in [1.807, 2.05) is 24.3 Å². The van der Waals surface area contributed by atoms with Gasteiger partial charge in [-0.15, -0.1) is 10.2 Å².